The van der Waals surface area contributed by atoms with E-state index in [0.717, 1.165) is 16.4 Å². The molecule has 0 saturated heterocycles. The van der Waals surface area contributed by atoms with Crippen molar-refractivity contribution in [3.8, 4) is 17.2 Å². The number of benzene rings is 2. The molecular formula is C17H20FNO5S. The van der Waals surface area contributed by atoms with Gasteiger partial charge in [-0.1, -0.05) is 6.07 Å². The Hall–Kier alpha value is -2.32. The van der Waals surface area contributed by atoms with Crippen LogP contribution in [0, 0.1) is 5.82 Å². The lowest BCUT2D eigenvalue weighted by molar-refractivity contribution is 0.369. The van der Waals surface area contributed by atoms with E-state index in [-0.39, 0.29) is 17.2 Å². The maximum Gasteiger partial charge on any atom is 0.246 e. The average molecular weight is 369 g/mol. The van der Waals surface area contributed by atoms with E-state index in [2.05, 4.69) is 0 Å². The molecule has 0 atom stereocenters. The molecule has 2 aromatic rings. The number of ether oxygens (including phenoxy) is 3. The monoisotopic (exact) mass is 369 g/mol. The number of hydrogen-bond donors (Lipinski definition) is 0. The Morgan fingerprint density at radius 2 is 1.52 bits per heavy atom. The maximum atomic E-state index is 13.6. The van der Waals surface area contributed by atoms with Gasteiger partial charge in [0.25, 0.3) is 0 Å². The highest BCUT2D eigenvalue weighted by Gasteiger charge is 2.27. The van der Waals surface area contributed by atoms with E-state index in [0.29, 0.717) is 17.1 Å². The fourth-order valence-corrected chi connectivity index (χ4v) is 3.71. The number of rotatable bonds is 7. The molecule has 0 aromatic heterocycles. The van der Waals surface area contributed by atoms with Gasteiger partial charge in [0, 0.05) is 13.6 Å². The van der Waals surface area contributed by atoms with Crippen molar-refractivity contribution in [2.75, 3.05) is 28.4 Å². The zero-order valence-corrected chi connectivity index (χ0v) is 15.3. The first-order valence-corrected chi connectivity index (χ1v) is 8.79. The highest BCUT2D eigenvalue weighted by molar-refractivity contribution is 7.89. The first-order chi connectivity index (χ1) is 11.8. The smallest absolute Gasteiger partial charge is 0.246 e. The summed E-state index contributed by atoms with van der Waals surface area (Å²) < 4.78 is 56.0. The van der Waals surface area contributed by atoms with Crippen molar-refractivity contribution < 1.29 is 27.0 Å². The van der Waals surface area contributed by atoms with Crippen molar-refractivity contribution in [1.82, 2.24) is 4.31 Å². The van der Waals surface area contributed by atoms with Crippen molar-refractivity contribution in [3.63, 3.8) is 0 Å². The van der Waals surface area contributed by atoms with E-state index in [1.165, 1.54) is 34.4 Å². The van der Waals surface area contributed by atoms with Gasteiger partial charge in [0.15, 0.2) is 0 Å². The Labute approximate surface area is 146 Å². The summed E-state index contributed by atoms with van der Waals surface area (Å²) in [5.74, 6) is 0.392. The van der Waals surface area contributed by atoms with Crippen LogP contribution in [-0.2, 0) is 16.6 Å². The van der Waals surface area contributed by atoms with Gasteiger partial charge in [-0.05, 0) is 30.3 Å². The molecule has 2 aromatic carbocycles. The predicted octanol–water partition coefficient (Wildman–Crippen LogP) is 2.67. The molecule has 0 spiro atoms. The third-order valence-corrected chi connectivity index (χ3v) is 5.55. The number of nitrogens with zero attached hydrogens (tertiary/aromatic N) is 1. The Kier molecular flexibility index (Phi) is 5.86. The molecule has 8 heteroatoms. The molecule has 2 rings (SSSR count). The van der Waals surface area contributed by atoms with Gasteiger partial charge in [-0.3, -0.25) is 0 Å². The van der Waals surface area contributed by atoms with Crippen LogP contribution in [0.25, 0.3) is 0 Å². The van der Waals surface area contributed by atoms with Crippen LogP contribution in [0.1, 0.15) is 5.56 Å². The van der Waals surface area contributed by atoms with E-state index < -0.39 is 15.8 Å². The molecule has 0 saturated carbocycles. The lowest BCUT2D eigenvalue weighted by Crippen LogP contribution is -2.27. The zero-order valence-electron chi connectivity index (χ0n) is 14.4. The Balaban J connectivity index is 2.45. The standard InChI is InChI=1S/C17H20FNO5S/c1-19(11-13-14(22-2)6-5-7-15(13)23-3)25(20,21)17-10-12(18)8-9-16(17)24-4/h5-10H,11H2,1-4H3. The molecule has 6 nitrogen and oxygen atoms in total. The van der Waals surface area contributed by atoms with Crippen LogP contribution in [0.5, 0.6) is 17.2 Å². The van der Waals surface area contributed by atoms with Crippen molar-refractivity contribution >= 4 is 10.0 Å². The number of methoxy groups -OCH3 is 3. The van der Waals surface area contributed by atoms with Crippen LogP contribution < -0.4 is 14.2 Å². The van der Waals surface area contributed by atoms with Crippen molar-refractivity contribution in [1.29, 1.82) is 0 Å². The third-order valence-electron chi connectivity index (χ3n) is 3.72. The normalized spacial score (nSPS) is 11.4. The molecule has 0 aliphatic carbocycles. The first-order valence-electron chi connectivity index (χ1n) is 7.35. The summed E-state index contributed by atoms with van der Waals surface area (Å²) in [7, 11) is 1.71. The molecule has 0 N–H and O–H groups in total. The van der Waals surface area contributed by atoms with Gasteiger partial charge in [-0.15, -0.1) is 0 Å². The van der Waals surface area contributed by atoms with Crippen LogP contribution >= 0.6 is 0 Å². The Morgan fingerprint density at radius 1 is 0.960 bits per heavy atom. The van der Waals surface area contributed by atoms with Crippen molar-refractivity contribution in [2.24, 2.45) is 0 Å². The lowest BCUT2D eigenvalue weighted by Gasteiger charge is -2.21. The third kappa shape index (κ3) is 3.85. The van der Waals surface area contributed by atoms with Gasteiger partial charge in [-0.2, -0.15) is 4.31 Å². The summed E-state index contributed by atoms with van der Waals surface area (Å²) >= 11 is 0. The van der Waals surface area contributed by atoms with Gasteiger partial charge in [0.2, 0.25) is 10.0 Å². The number of sulfonamides is 1. The van der Waals surface area contributed by atoms with E-state index in [1.807, 2.05) is 0 Å². The lowest BCUT2D eigenvalue weighted by atomic mass is 10.1. The summed E-state index contributed by atoms with van der Waals surface area (Å²) in [6.45, 7) is -0.0187. The summed E-state index contributed by atoms with van der Waals surface area (Å²) in [6.07, 6.45) is 0. The summed E-state index contributed by atoms with van der Waals surface area (Å²) in [6, 6.07) is 8.51. The minimum atomic E-state index is -4.00. The summed E-state index contributed by atoms with van der Waals surface area (Å²) in [5, 5.41) is 0. The average Bonchev–Trinajstić information content (AvgIpc) is 2.61. The second kappa shape index (κ2) is 7.71. The van der Waals surface area contributed by atoms with Gasteiger partial charge < -0.3 is 14.2 Å². The molecular weight excluding hydrogens is 349 g/mol. The molecule has 0 heterocycles. The maximum absolute atomic E-state index is 13.6. The second-order valence-electron chi connectivity index (χ2n) is 5.20. The fraction of sp³-hybridized carbons (Fsp3) is 0.294. The van der Waals surface area contributed by atoms with E-state index in [9.17, 15) is 12.8 Å². The Bertz CT molecular complexity index is 832. The van der Waals surface area contributed by atoms with E-state index in [4.69, 9.17) is 14.2 Å². The molecule has 136 valence electrons. The minimum Gasteiger partial charge on any atom is -0.496 e. The second-order valence-corrected chi connectivity index (χ2v) is 7.21. The SMILES string of the molecule is COc1ccc(F)cc1S(=O)(=O)N(C)Cc1c(OC)cccc1OC. The molecule has 0 bridgehead atoms. The Morgan fingerprint density at radius 3 is 2.04 bits per heavy atom. The molecule has 0 aliphatic heterocycles. The van der Waals surface area contributed by atoms with Crippen LogP contribution in [0.2, 0.25) is 0 Å². The summed E-state index contributed by atoms with van der Waals surface area (Å²) in [5.41, 5.74) is 0.564. The van der Waals surface area contributed by atoms with Crippen LogP contribution in [0.15, 0.2) is 41.3 Å². The molecule has 0 aliphatic rings. The van der Waals surface area contributed by atoms with Crippen molar-refractivity contribution in [3.05, 3.63) is 47.8 Å². The van der Waals surface area contributed by atoms with E-state index in [1.54, 1.807) is 18.2 Å². The molecule has 25 heavy (non-hydrogen) atoms. The van der Waals surface area contributed by atoms with Crippen molar-refractivity contribution in [2.45, 2.75) is 11.4 Å². The number of hydrogen-bond acceptors (Lipinski definition) is 5. The van der Waals surface area contributed by atoms with Crippen LogP contribution in [0.4, 0.5) is 4.39 Å². The highest BCUT2D eigenvalue weighted by atomic mass is 32.2. The fourth-order valence-electron chi connectivity index (χ4n) is 2.41. The van der Waals surface area contributed by atoms with Gasteiger partial charge >= 0.3 is 0 Å². The highest BCUT2D eigenvalue weighted by Crippen LogP contribution is 2.32. The molecule has 0 amide bonds. The minimum absolute atomic E-state index is 0.0187. The summed E-state index contributed by atoms with van der Waals surface area (Å²) in [4.78, 5) is -0.244. The van der Waals surface area contributed by atoms with Gasteiger partial charge in [0.1, 0.15) is 28.0 Å². The molecule has 0 unspecified atom stereocenters. The molecule has 0 radical (unpaired) electrons. The van der Waals surface area contributed by atoms with Crippen LogP contribution in [0.3, 0.4) is 0 Å². The quantitative estimate of drug-likeness (QED) is 0.751. The first kappa shape index (κ1) is 19.0. The van der Waals surface area contributed by atoms with E-state index >= 15 is 0 Å². The zero-order chi connectivity index (χ0) is 18.6. The largest absolute Gasteiger partial charge is 0.496 e. The van der Waals surface area contributed by atoms with Gasteiger partial charge in [-0.25, -0.2) is 12.8 Å². The molecule has 0 fully saturated rings. The number of halogens is 1. The van der Waals surface area contributed by atoms with Crippen LogP contribution in [-0.4, -0.2) is 41.1 Å². The van der Waals surface area contributed by atoms with Gasteiger partial charge in [0.05, 0.1) is 26.9 Å². The topological polar surface area (TPSA) is 65.1 Å². The predicted molar refractivity (Wildman–Crippen MR) is 91.2 cm³/mol.